The molecule has 0 unspecified atom stereocenters. The van der Waals surface area contributed by atoms with E-state index in [1.807, 2.05) is 57.5 Å². The number of carbonyl (C=O) groups is 3. The maximum Gasteiger partial charge on any atom is 0.246 e. The number of nitrogens with one attached hydrogen (secondary N) is 3. The van der Waals surface area contributed by atoms with Gasteiger partial charge in [0.2, 0.25) is 17.7 Å². The van der Waals surface area contributed by atoms with Crippen molar-refractivity contribution < 1.29 is 19.5 Å². The molecule has 3 aliphatic rings. The van der Waals surface area contributed by atoms with E-state index in [9.17, 15) is 19.5 Å². The molecule has 3 atom stereocenters. The zero-order valence-corrected chi connectivity index (χ0v) is 27.3. The van der Waals surface area contributed by atoms with Gasteiger partial charge in [0.15, 0.2) is 0 Å². The minimum absolute atomic E-state index is 0.0608. The third-order valence-corrected chi connectivity index (χ3v) is 10.6. The SMILES string of the molecule is Cc1ncsc1-c1ccc(CNC(=O)[C@@H]2C[C@@H](O)CN2C(=O)[C@@H](NC(=O)CN2CCC3(CCNCC3)CC2)C(C)(C)C)cc1. The molecular formula is C33H48N6O4S. The van der Waals surface area contributed by atoms with Gasteiger partial charge in [-0.2, -0.15) is 0 Å². The molecule has 44 heavy (non-hydrogen) atoms. The molecule has 5 rings (SSSR count). The number of piperidine rings is 2. The average molecular weight is 625 g/mol. The molecule has 1 aromatic heterocycles. The number of aliphatic hydroxyl groups is 1. The minimum Gasteiger partial charge on any atom is -0.391 e. The predicted octanol–water partition coefficient (Wildman–Crippen LogP) is 2.69. The topological polar surface area (TPSA) is 127 Å². The summed E-state index contributed by atoms with van der Waals surface area (Å²) >= 11 is 1.59. The Bertz CT molecular complexity index is 1310. The smallest absolute Gasteiger partial charge is 0.246 e. The summed E-state index contributed by atoms with van der Waals surface area (Å²) in [6, 6.07) is 6.36. The van der Waals surface area contributed by atoms with Crippen LogP contribution in [-0.4, -0.2) is 95.1 Å². The fraction of sp³-hybridized carbons (Fsp3) is 0.636. The van der Waals surface area contributed by atoms with Crippen LogP contribution in [0.5, 0.6) is 0 Å². The van der Waals surface area contributed by atoms with E-state index in [1.165, 1.54) is 17.7 Å². The molecule has 3 fully saturated rings. The van der Waals surface area contributed by atoms with E-state index >= 15 is 0 Å². The average Bonchev–Trinajstić information content (AvgIpc) is 3.61. The molecule has 10 nitrogen and oxygen atoms in total. The number of hydrogen-bond acceptors (Lipinski definition) is 8. The first kappa shape index (κ1) is 32.5. The van der Waals surface area contributed by atoms with Crippen molar-refractivity contribution in [2.24, 2.45) is 10.8 Å². The molecule has 1 spiro atoms. The van der Waals surface area contributed by atoms with Gasteiger partial charge in [0.25, 0.3) is 0 Å². The summed E-state index contributed by atoms with van der Waals surface area (Å²) in [7, 11) is 0. The molecule has 0 aliphatic carbocycles. The summed E-state index contributed by atoms with van der Waals surface area (Å²) in [4.78, 5) is 49.6. The van der Waals surface area contributed by atoms with Crippen LogP contribution in [-0.2, 0) is 20.9 Å². The maximum absolute atomic E-state index is 13.9. The molecule has 0 saturated carbocycles. The summed E-state index contributed by atoms with van der Waals surface area (Å²) in [5, 5.41) is 19.9. The van der Waals surface area contributed by atoms with E-state index in [0.717, 1.165) is 60.7 Å². The van der Waals surface area contributed by atoms with Crippen LogP contribution in [0.2, 0.25) is 0 Å². The van der Waals surface area contributed by atoms with Crippen molar-refractivity contribution in [2.45, 2.75) is 84.5 Å². The molecule has 1 aromatic carbocycles. The molecule has 2 aromatic rings. The highest BCUT2D eigenvalue weighted by Gasteiger charge is 2.44. The molecular weight excluding hydrogens is 576 g/mol. The van der Waals surface area contributed by atoms with Gasteiger partial charge in [0, 0.05) is 19.5 Å². The summed E-state index contributed by atoms with van der Waals surface area (Å²) in [5.41, 5.74) is 4.65. The number of β-amino-alcohol motifs (C(OH)–C–C–N with tert-alkyl or cyclic N) is 1. The Morgan fingerprint density at radius 1 is 1.11 bits per heavy atom. The molecule has 3 aliphatic heterocycles. The van der Waals surface area contributed by atoms with Gasteiger partial charge in [-0.3, -0.25) is 19.3 Å². The number of benzene rings is 1. The predicted molar refractivity (Wildman–Crippen MR) is 172 cm³/mol. The van der Waals surface area contributed by atoms with Crippen LogP contribution in [0.25, 0.3) is 10.4 Å². The lowest BCUT2D eigenvalue weighted by atomic mass is 9.71. The van der Waals surface area contributed by atoms with E-state index in [0.29, 0.717) is 12.0 Å². The van der Waals surface area contributed by atoms with Crippen molar-refractivity contribution in [1.82, 2.24) is 30.7 Å². The van der Waals surface area contributed by atoms with Gasteiger partial charge >= 0.3 is 0 Å². The molecule has 4 N–H and O–H groups in total. The highest BCUT2D eigenvalue weighted by atomic mass is 32.1. The molecule has 240 valence electrons. The fourth-order valence-corrected chi connectivity index (χ4v) is 7.64. The number of amides is 3. The number of thiazole rings is 1. The number of carbonyl (C=O) groups excluding carboxylic acids is 3. The second-order valence-electron chi connectivity index (χ2n) is 14.0. The molecule has 3 amide bonds. The van der Waals surface area contributed by atoms with E-state index in [4.69, 9.17) is 0 Å². The Kier molecular flexibility index (Phi) is 10.1. The summed E-state index contributed by atoms with van der Waals surface area (Å²) in [6.07, 6.45) is 3.96. The second kappa shape index (κ2) is 13.6. The number of aryl methyl sites for hydroxylation is 1. The van der Waals surface area contributed by atoms with Gasteiger partial charge < -0.3 is 26.0 Å². The molecule has 3 saturated heterocycles. The lowest BCUT2D eigenvalue weighted by molar-refractivity contribution is -0.144. The lowest BCUT2D eigenvalue weighted by Crippen LogP contribution is -2.59. The van der Waals surface area contributed by atoms with Gasteiger partial charge in [-0.05, 0) is 80.7 Å². The van der Waals surface area contributed by atoms with Crippen molar-refractivity contribution in [3.63, 3.8) is 0 Å². The monoisotopic (exact) mass is 624 g/mol. The number of aromatic nitrogens is 1. The molecule has 11 heteroatoms. The van der Waals surface area contributed by atoms with Crippen LogP contribution in [0.1, 0.15) is 64.1 Å². The van der Waals surface area contributed by atoms with Gasteiger partial charge in [-0.15, -0.1) is 11.3 Å². The second-order valence-corrected chi connectivity index (χ2v) is 14.8. The fourth-order valence-electron chi connectivity index (χ4n) is 6.83. The summed E-state index contributed by atoms with van der Waals surface area (Å²) < 4.78 is 0. The Balaban J connectivity index is 1.17. The zero-order chi connectivity index (χ0) is 31.5. The standard InChI is InChI=1S/C33H48N6O4S/c1-22-28(44-21-36-22)24-7-5-23(6-8-24)18-35-30(42)26-17-25(40)19-39(26)31(43)29(32(2,3)4)37-27(41)20-38-15-11-33(12-16-38)9-13-34-14-10-33/h5-8,21,25-26,29,34,40H,9-20H2,1-4H3,(H,35,42)(H,37,41)/t25-,26+,29-/m1/s1. The first-order valence-electron chi connectivity index (χ1n) is 15.9. The van der Waals surface area contributed by atoms with E-state index in [-0.39, 0.29) is 37.2 Å². The van der Waals surface area contributed by atoms with Crippen LogP contribution < -0.4 is 16.0 Å². The van der Waals surface area contributed by atoms with Crippen LogP contribution >= 0.6 is 11.3 Å². The Morgan fingerprint density at radius 3 is 2.41 bits per heavy atom. The first-order chi connectivity index (χ1) is 20.9. The van der Waals surface area contributed by atoms with E-state index in [1.54, 1.807) is 11.3 Å². The number of aliphatic hydroxyl groups excluding tert-OH is 1. The molecule has 0 radical (unpaired) electrons. The van der Waals surface area contributed by atoms with Gasteiger partial charge in [0.1, 0.15) is 12.1 Å². The van der Waals surface area contributed by atoms with Crippen LogP contribution in [0.3, 0.4) is 0 Å². The molecule has 4 heterocycles. The Morgan fingerprint density at radius 2 is 1.80 bits per heavy atom. The van der Waals surface area contributed by atoms with Crippen molar-refractivity contribution in [1.29, 1.82) is 0 Å². The van der Waals surface area contributed by atoms with Crippen molar-refractivity contribution >= 4 is 29.1 Å². The van der Waals surface area contributed by atoms with Gasteiger partial charge in [0.05, 0.1) is 28.7 Å². The van der Waals surface area contributed by atoms with Crippen LogP contribution in [0, 0.1) is 17.8 Å². The van der Waals surface area contributed by atoms with Crippen molar-refractivity contribution in [3.05, 3.63) is 41.0 Å². The van der Waals surface area contributed by atoms with Crippen LogP contribution in [0.15, 0.2) is 29.8 Å². The Labute approximate surface area is 265 Å². The highest BCUT2D eigenvalue weighted by molar-refractivity contribution is 7.13. The van der Waals surface area contributed by atoms with Crippen molar-refractivity contribution in [2.75, 3.05) is 39.3 Å². The first-order valence-corrected chi connectivity index (χ1v) is 16.8. The largest absolute Gasteiger partial charge is 0.391 e. The quantitative estimate of drug-likeness (QED) is 0.356. The molecule has 0 bridgehead atoms. The third kappa shape index (κ3) is 7.67. The zero-order valence-electron chi connectivity index (χ0n) is 26.5. The minimum atomic E-state index is -0.820. The van der Waals surface area contributed by atoms with Gasteiger partial charge in [-0.25, -0.2) is 4.98 Å². The highest BCUT2D eigenvalue weighted by Crippen LogP contribution is 2.39. The third-order valence-electron chi connectivity index (χ3n) is 9.66. The van der Waals surface area contributed by atoms with Gasteiger partial charge in [-0.1, -0.05) is 45.0 Å². The number of nitrogens with zero attached hydrogens (tertiary/aromatic N) is 3. The number of hydrogen-bond donors (Lipinski definition) is 4. The van der Waals surface area contributed by atoms with E-state index < -0.39 is 23.6 Å². The summed E-state index contributed by atoms with van der Waals surface area (Å²) in [5.74, 6) is -0.826. The lowest BCUT2D eigenvalue weighted by Gasteiger charge is -2.44. The summed E-state index contributed by atoms with van der Waals surface area (Å²) in [6.45, 7) is 12.3. The van der Waals surface area contributed by atoms with E-state index in [2.05, 4.69) is 25.8 Å². The number of likely N-dealkylation sites (tertiary alicyclic amines) is 2. The Hall–Kier alpha value is -2.86. The number of rotatable bonds is 8. The van der Waals surface area contributed by atoms with Crippen molar-refractivity contribution in [3.8, 4) is 10.4 Å². The maximum atomic E-state index is 13.9. The van der Waals surface area contributed by atoms with Crippen LogP contribution in [0.4, 0.5) is 0 Å². The normalized spacial score (nSPS) is 23.0.